The molecule has 2 rings (SSSR count). The molecule has 2 fully saturated rings. The van der Waals surface area contributed by atoms with Gasteiger partial charge in [-0.15, -0.1) is 0 Å². The number of rotatable bonds is 2. The van der Waals surface area contributed by atoms with Gasteiger partial charge in [-0.25, -0.2) is 0 Å². The van der Waals surface area contributed by atoms with Gasteiger partial charge in [-0.2, -0.15) is 0 Å². The van der Waals surface area contributed by atoms with Crippen LogP contribution in [0.4, 0.5) is 0 Å². The Morgan fingerprint density at radius 1 is 1.33 bits per heavy atom. The van der Waals surface area contributed by atoms with Gasteiger partial charge in [0.15, 0.2) is 0 Å². The van der Waals surface area contributed by atoms with E-state index >= 15 is 0 Å². The van der Waals surface area contributed by atoms with Crippen LogP contribution in [0.5, 0.6) is 0 Å². The maximum absolute atomic E-state index is 10.3. The first-order valence-corrected chi connectivity index (χ1v) is 4.99. The molecule has 1 heterocycles. The van der Waals surface area contributed by atoms with E-state index in [0.717, 1.165) is 18.6 Å². The summed E-state index contributed by atoms with van der Waals surface area (Å²) >= 11 is 0. The zero-order valence-corrected chi connectivity index (χ0v) is 7.37. The van der Waals surface area contributed by atoms with E-state index in [1.54, 1.807) is 0 Å². The highest BCUT2D eigenvalue weighted by molar-refractivity contribution is 5.50. The molecule has 68 valence electrons. The van der Waals surface area contributed by atoms with Gasteiger partial charge in [0.1, 0.15) is 6.29 Å². The molecule has 2 aliphatic rings. The highest BCUT2D eigenvalue weighted by atomic mass is 16.5. The van der Waals surface area contributed by atoms with E-state index in [9.17, 15) is 4.79 Å². The van der Waals surface area contributed by atoms with Gasteiger partial charge in [0.25, 0.3) is 0 Å². The first-order valence-electron chi connectivity index (χ1n) is 4.99. The lowest BCUT2D eigenvalue weighted by Crippen LogP contribution is -2.20. The Kier molecular flexibility index (Phi) is 2.45. The predicted molar refractivity (Wildman–Crippen MR) is 45.9 cm³/mol. The van der Waals surface area contributed by atoms with E-state index in [1.165, 1.54) is 25.7 Å². The highest BCUT2D eigenvalue weighted by Gasteiger charge is 2.35. The van der Waals surface area contributed by atoms with Crippen molar-refractivity contribution in [3.8, 4) is 0 Å². The van der Waals surface area contributed by atoms with Crippen LogP contribution in [0.25, 0.3) is 0 Å². The van der Waals surface area contributed by atoms with Gasteiger partial charge in [-0.05, 0) is 25.2 Å². The van der Waals surface area contributed by atoms with Crippen molar-refractivity contribution < 1.29 is 9.53 Å². The van der Waals surface area contributed by atoms with Crippen LogP contribution in [0, 0.1) is 5.92 Å². The number of fused-ring (bicyclic) bond motifs is 1. The van der Waals surface area contributed by atoms with Crippen LogP contribution in [0.3, 0.4) is 0 Å². The smallest absolute Gasteiger partial charge is 0.122 e. The molecule has 1 aliphatic heterocycles. The van der Waals surface area contributed by atoms with Crippen LogP contribution < -0.4 is 0 Å². The molecule has 1 saturated heterocycles. The van der Waals surface area contributed by atoms with Crippen LogP contribution in [-0.4, -0.2) is 18.5 Å². The molecule has 0 aromatic carbocycles. The molecule has 0 bridgehead atoms. The topological polar surface area (TPSA) is 26.3 Å². The number of hydrogen-bond donors (Lipinski definition) is 0. The summed E-state index contributed by atoms with van der Waals surface area (Å²) in [4.78, 5) is 10.3. The fraction of sp³-hybridized carbons (Fsp3) is 0.900. The summed E-state index contributed by atoms with van der Waals surface area (Å²) in [5.74, 6) is 0.767. The van der Waals surface area contributed by atoms with Gasteiger partial charge in [0.05, 0.1) is 12.2 Å². The van der Waals surface area contributed by atoms with Crippen LogP contribution in [0.1, 0.15) is 38.5 Å². The lowest BCUT2D eigenvalue weighted by Gasteiger charge is -2.23. The van der Waals surface area contributed by atoms with Gasteiger partial charge >= 0.3 is 0 Å². The Balaban J connectivity index is 1.89. The highest BCUT2D eigenvalue weighted by Crippen LogP contribution is 2.37. The maximum Gasteiger partial charge on any atom is 0.122 e. The Labute approximate surface area is 73.3 Å². The third-order valence-corrected chi connectivity index (χ3v) is 3.13. The molecule has 12 heavy (non-hydrogen) atoms. The van der Waals surface area contributed by atoms with Crippen molar-refractivity contribution in [2.45, 2.75) is 50.7 Å². The van der Waals surface area contributed by atoms with Crippen molar-refractivity contribution in [2.75, 3.05) is 0 Å². The van der Waals surface area contributed by atoms with Gasteiger partial charge in [-0.3, -0.25) is 0 Å². The predicted octanol–water partition coefficient (Wildman–Crippen LogP) is 1.92. The van der Waals surface area contributed by atoms with E-state index in [0.29, 0.717) is 12.5 Å². The molecule has 1 aliphatic carbocycles. The minimum Gasteiger partial charge on any atom is -0.374 e. The second-order valence-corrected chi connectivity index (χ2v) is 3.98. The third kappa shape index (κ3) is 1.53. The lowest BCUT2D eigenvalue weighted by molar-refractivity contribution is -0.110. The first kappa shape index (κ1) is 8.24. The SMILES string of the molecule is O=CCC1CC2CCCCC2O1. The molecular formula is C10H16O2. The molecule has 3 unspecified atom stereocenters. The van der Waals surface area contributed by atoms with Crippen molar-refractivity contribution >= 4 is 6.29 Å². The third-order valence-electron chi connectivity index (χ3n) is 3.13. The zero-order chi connectivity index (χ0) is 8.39. The number of carbonyl (C=O) groups excluding carboxylic acids is 1. The van der Waals surface area contributed by atoms with Crippen molar-refractivity contribution in [3.05, 3.63) is 0 Å². The van der Waals surface area contributed by atoms with Gasteiger partial charge in [-0.1, -0.05) is 12.8 Å². The Bertz CT molecular complexity index is 153. The summed E-state index contributed by atoms with van der Waals surface area (Å²) < 4.78 is 5.77. The molecule has 2 nitrogen and oxygen atoms in total. The van der Waals surface area contributed by atoms with Crippen molar-refractivity contribution in [1.29, 1.82) is 0 Å². The van der Waals surface area contributed by atoms with Gasteiger partial charge in [0.2, 0.25) is 0 Å². The molecular weight excluding hydrogens is 152 g/mol. The molecule has 3 atom stereocenters. The quantitative estimate of drug-likeness (QED) is 0.589. The number of aldehydes is 1. The van der Waals surface area contributed by atoms with E-state index < -0.39 is 0 Å². The van der Waals surface area contributed by atoms with Crippen molar-refractivity contribution in [3.63, 3.8) is 0 Å². The minimum absolute atomic E-state index is 0.246. The van der Waals surface area contributed by atoms with E-state index in [4.69, 9.17) is 4.74 Å². The fourth-order valence-electron chi connectivity index (χ4n) is 2.52. The summed E-state index contributed by atoms with van der Waals surface area (Å²) in [6.45, 7) is 0. The number of ether oxygens (including phenoxy) is 1. The fourth-order valence-corrected chi connectivity index (χ4v) is 2.52. The standard InChI is InChI=1S/C10H16O2/c11-6-5-9-7-8-3-1-2-4-10(8)12-9/h6,8-10H,1-5,7H2. The van der Waals surface area contributed by atoms with E-state index in [2.05, 4.69) is 0 Å². The number of hydrogen-bond acceptors (Lipinski definition) is 2. The molecule has 1 saturated carbocycles. The maximum atomic E-state index is 10.3. The average Bonchev–Trinajstić information content (AvgIpc) is 2.47. The number of carbonyl (C=O) groups is 1. The molecule has 0 aromatic rings. The second-order valence-electron chi connectivity index (χ2n) is 3.98. The lowest BCUT2D eigenvalue weighted by atomic mass is 9.85. The first-order chi connectivity index (χ1) is 5.90. The second kappa shape index (κ2) is 3.56. The minimum atomic E-state index is 0.246. The molecule has 0 aromatic heterocycles. The Morgan fingerprint density at radius 3 is 2.92 bits per heavy atom. The van der Waals surface area contributed by atoms with Crippen molar-refractivity contribution in [1.82, 2.24) is 0 Å². The molecule has 0 N–H and O–H groups in total. The van der Waals surface area contributed by atoms with Crippen LogP contribution in [0.15, 0.2) is 0 Å². The molecule has 0 radical (unpaired) electrons. The van der Waals surface area contributed by atoms with E-state index in [1.807, 2.05) is 0 Å². The summed E-state index contributed by atoms with van der Waals surface area (Å²) in [5.41, 5.74) is 0. The average molecular weight is 168 g/mol. The van der Waals surface area contributed by atoms with Gasteiger partial charge in [0, 0.05) is 6.42 Å². The van der Waals surface area contributed by atoms with Gasteiger partial charge < -0.3 is 9.53 Å². The molecule has 0 amide bonds. The molecule has 2 heteroatoms. The van der Waals surface area contributed by atoms with E-state index in [-0.39, 0.29) is 6.10 Å². The normalized spacial score (nSPS) is 40.8. The largest absolute Gasteiger partial charge is 0.374 e. The van der Waals surface area contributed by atoms with Crippen LogP contribution >= 0.6 is 0 Å². The zero-order valence-electron chi connectivity index (χ0n) is 7.37. The Hall–Kier alpha value is -0.370. The summed E-state index contributed by atoms with van der Waals surface area (Å²) in [5, 5.41) is 0. The van der Waals surface area contributed by atoms with Crippen LogP contribution in [-0.2, 0) is 9.53 Å². The monoisotopic (exact) mass is 168 g/mol. The Morgan fingerprint density at radius 2 is 2.17 bits per heavy atom. The summed E-state index contributed by atoms with van der Waals surface area (Å²) in [6, 6.07) is 0. The summed E-state index contributed by atoms with van der Waals surface area (Å²) in [6.07, 6.45) is 8.67. The molecule has 0 spiro atoms. The van der Waals surface area contributed by atoms with Crippen molar-refractivity contribution in [2.24, 2.45) is 5.92 Å². The summed E-state index contributed by atoms with van der Waals surface area (Å²) in [7, 11) is 0. The van der Waals surface area contributed by atoms with Crippen LogP contribution in [0.2, 0.25) is 0 Å².